The van der Waals surface area contributed by atoms with Gasteiger partial charge in [0.15, 0.2) is 11.5 Å². The summed E-state index contributed by atoms with van der Waals surface area (Å²) in [5, 5.41) is 0.645. The Hall–Kier alpha value is -3.65. The van der Waals surface area contributed by atoms with Crippen LogP contribution in [0.25, 0.3) is 22.6 Å². The van der Waals surface area contributed by atoms with E-state index in [1.807, 2.05) is 49.4 Å². The SMILES string of the molecule is CCOc1cccc(-c2ncc3c(n2)n(C)c(=O)n3C(=O)N(C)CCc2cccc(Cl)c2)c1. The number of imidazole rings is 1. The number of halogens is 1. The van der Waals surface area contributed by atoms with E-state index in [9.17, 15) is 9.59 Å². The molecule has 2 aromatic carbocycles. The van der Waals surface area contributed by atoms with E-state index in [-0.39, 0.29) is 0 Å². The normalized spacial score (nSPS) is 11.0. The predicted octanol–water partition coefficient (Wildman–Crippen LogP) is 3.99. The molecule has 0 saturated carbocycles. The van der Waals surface area contributed by atoms with Crippen molar-refractivity contribution in [2.45, 2.75) is 13.3 Å². The molecule has 2 aromatic heterocycles. The number of ether oxygens (including phenoxy) is 1. The summed E-state index contributed by atoms with van der Waals surface area (Å²) < 4.78 is 8.01. The van der Waals surface area contributed by atoms with Crippen molar-refractivity contribution in [3.8, 4) is 17.1 Å². The second-order valence-electron chi connectivity index (χ2n) is 7.62. The van der Waals surface area contributed by atoms with Gasteiger partial charge in [-0.2, -0.15) is 0 Å². The molecule has 0 aliphatic carbocycles. The number of carbonyl (C=O) groups excluding carboxylic acids is 1. The lowest BCUT2D eigenvalue weighted by atomic mass is 10.1. The Kier molecular flexibility index (Phi) is 6.46. The molecule has 0 atom stereocenters. The van der Waals surface area contributed by atoms with Crippen molar-refractivity contribution in [1.82, 2.24) is 24.0 Å². The summed E-state index contributed by atoms with van der Waals surface area (Å²) >= 11 is 6.04. The fourth-order valence-electron chi connectivity index (χ4n) is 3.59. The Labute approximate surface area is 196 Å². The van der Waals surface area contributed by atoms with Gasteiger partial charge in [-0.15, -0.1) is 0 Å². The van der Waals surface area contributed by atoms with Crippen molar-refractivity contribution in [1.29, 1.82) is 0 Å². The quantitative estimate of drug-likeness (QED) is 0.430. The molecule has 170 valence electrons. The van der Waals surface area contributed by atoms with Gasteiger partial charge < -0.3 is 9.64 Å². The van der Waals surface area contributed by atoms with Gasteiger partial charge in [0.2, 0.25) is 0 Å². The lowest BCUT2D eigenvalue weighted by Crippen LogP contribution is -2.38. The molecule has 8 nitrogen and oxygen atoms in total. The van der Waals surface area contributed by atoms with E-state index in [0.29, 0.717) is 47.3 Å². The summed E-state index contributed by atoms with van der Waals surface area (Å²) in [6, 6.07) is 14.5. The van der Waals surface area contributed by atoms with Crippen LogP contribution in [0.2, 0.25) is 5.02 Å². The van der Waals surface area contributed by atoms with E-state index in [4.69, 9.17) is 16.3 Å². The minimum absolute atomic E-state index is 0.354. The molecule has 2 heterocycles. The molecule has 0 unspecified atom stereocenters. The van der Waals surface area contributed by atoms with Crippen LogP contribution in [0.15, 0.2) is 59.5 Å². The van der Waals surface area contributed by atoms with Crippen LogP contribution in [0.5, 0.6) is 5.75 Å². The topological polar surface area (TPSA) is 82.2 Å². The van der Waals surface area contributed by atoms with Crippen LogP contribution in [-0.4, -0.2) is 50.2 Å². The van der Waals surface area contributed by atoms with E-state index in [2.05, 4.69) is 9.97 Å². The standard InChI is InChI=1S/C24H24ClN5O3/c1-4-33-19-10-6-8-17(14-19)21-26-15-20-22(27-21)29(3)24(32)30(20)23(31)28(2)12-11-16-7-5-9-18(25)13-16/h5-10,13-15H,4,11-12H2,1-3H3. The second-order valence-corrected chi connectivity index (χ2v) is 8.06. The first kappa shape index (κ1) is 22.5. The molecule has 0 radical (unpaired) electrons. The third kappa shape index (κ3) is 4.61. The monoisotopic (exact) mass is 465 g/mol. The van der Waals surface area contributed by atoms with Gasteiger partial charge in [0.25, 0.3) is 0 Å². The highest BCUT2D eigenvalue weighted by atomic mass is 35.5. The zero-order chi connectivity index (χ0) is 23.5. The first-order chi connectivity index (χ1) is 15.9. The van der Waals surface area contributed by atoms with Crippen molar-refractivity contribution >= 4 is 28.8 Å². The van der Waals surface area contributed by atoms with Gasteiger partial charge in [0.1, 0.15) is 11.3 Å². The molecule has 0 bridgehead atoms. The third-order valence-corrected chi connectivity index (χ3v) is 5.57. The molecule has 0 spiro atoms. The second kappa shape index (κ2) is 9.46. The number of hydrogen-bond donors (Lipinski definition) is 0. The summed E-state index contributed by atoms with van der Waals surface area (Å²) in [7, 11) is 3.25. The molecule has 1 amide bonds. The van der Waals surface area contributed by atoms with Crippen LogP contribution < -0.4 is 10.4 Å². The molecule has 0 aliphatic heterocycles. The van der Waals surface area contributed by atoms with Crippen molar-refractivity contribution in [2.75, 3.05) is 20.2 Å². The van der Waals surface area contributed by atoms with Crippen LogP contribution >= 0.6 is 11.6 Å². The van der Waals surface area contributed by atoms with Crippen molar-refractivity contribution in [3.05, 3.63) is 75.8 Å². The zero-order valence-electron chi connectivity index (χ0n) is 18.7. The van der Waals surface area contributed by atoms with E-state index < -0.39 is 11.7 Å². The molecule has 4 aromatic rings. The smallest absolute Gasteiger partial charge is 0.338 e. The number of fused-ring (bicyclic) bond motifs is 1. The molecule has 33 heavy (non-hydrogen) atoms. The summed E-state index contributed by atoms with van der Waals surface area (Å²) in [6.45, 7) is 2.88. The van der Waals surface area contributed by atoms with Gasteiger partial charge in [-0.1, -0.05) is 35.9 Å². The van der Waals surface area contributed by atoms with Gasteiger partial charge in [-0.05, 0) is 43.2 Å². The number of amides is 1. The number of aryl methyl sites for hydroxylation is 1. The molecule has 4 rings (SSSR count). The maximum Gasteiger partial charge on any atom is 0.338 e. The van der Waals surface area contributed by atoms with Crippen molar-refractivity contribution < 1.29 is 9.53 Å². The van der Waals surface area contributed by atoms with E-state index in [1.54, 1.807) is 20.2 Å². The highest BCUT2D eigenvalue weighted by Crippen LogP contribution is 2.22. The molecule has 9 heteroatoms. The third-order valence-electron chi connectivity index (χ3n) is 5.33. The summed E-state index contributed by atoms with van der Waals surface area (Å²) in [5.74, 6) is 1.15. The fraction of sp³-hybridized carbons (Fsp3) is 0.250. The Morgan fingerprint density at radius 1 is 1.18 bits per heavy atom. The zero-order valence-corrected chi connectivity index (χ0v) is 19.4. The van der Waals surface area contributed by atoms with Gasteiger partial charge >= 0.3 is 11.7 Å². The number of benzene rings is 2. The summed E-state index contributed by atoms with van der Waals surface area (Å²) in [6.07, 6.45) is 2.12. The predicted molar refractivity (Wildman–Crippen MR) is 128 cm³/mol. The molecule has 0 fully saturated rings. The number of likely N-dealkylation sites (N-methyl/N-ethyl adjacent to an activating group) is 1. The summed E-state index contributed by atoms with van der Waals surface area (Å²) in [4.78, 5) is 36.5. The Morgan fingerprint density at radius 3 is 2.73 bits per heavy atom. The van der Waals surface area contributed by atoms with Gasteiger partial charge in [-0.25, -0.2) is 24.1 Å². The van der Waals surface area contributed by atoms with Crippen LogP contribution in [-0.2, 0) is 13.5 Å². The van der Waals surface area contributed by atoms with Crippen LogP contribution in [0.1, 0.15) is 12.5 Å². The van der Waals surface area contributed by atoms with Crippen LogP contribution in [0.4, 0.5) is 4.79 Å². The Bertz CT molecular complexity index is 1380. The minimum atomic E-state index is -0.473. The van der Waals surface area contributed by atoms with Crippen molar-refractivity contribution in [2.24, 2.45) is 7.05 Å². The number of carbonyl (C=O) groups is 1. The first-order valence-corrected chi connectivity index (χ1v) is 10.9. The maximum absolute atomic E-state index is 13.1. The summed E-state index contributed by atoms with van der Waals surface area (Å²) in [5.41, 5.74) is 2.03. The molecular weight excluding hydrogens is 442 g/mol. The molecule has 0 N–H and O–H groups in total. The highest BCUT2D eigenvalue weighted by molar-refractivity contribution is 6.30. The lowest BCUT2D eigenvalue weighted by Gasteiger charge is -2.17. The van der Waals surface area contributed by atoms with Gasteiger partial charge in [0.05, 0.1) is 12.8 Å². The van der Waals surface area contributed by atoms with Gasteiger partial charge in [-0.3, -0.25) is 4.57 Å². The number of nitrogens with zero attached hydrogens (tertiary/aromatic N) is 5. The number of rotatable bonds is 6. The first-order valence-electron chi connectivity index (χ1n) is 10.6. The number of aromatic nitrogens is 4. The Morgan fingerprint density at radius 2 is 1.97 bits per heavy atom. The van der Waals surface area contributed by atoms with Crippen LogP contribution in [0, 0.1) is 0 Å². The van der Waals surface area contributed by atoms with Crippen molar-refractivity contribution in [3.63, 3.8) is 0 Å². The minimum Gasteiger partial charge on any atom is -0.494 e. The average molecular weight is 466 g/mol. The molecule has 0 aliphatic rings. The highest BCUT2D eigenvalue weighted by Gasteiger charge is 2.22. The van der Waals surface area contributed by atoms with E-state index in [1.165, 1.54) is 15.7 Å². The largest absolute Gasteiger partial charge is 0.494 e. The maximum atomic E-state index is 13.1. The Balaban J connectivity index is 1.63. The molecular formula is C24H24ClN5O3. The molecule has 0 saturated heterocycles. The number of hydrogen-bond acceptors (Lipinski definition) is 5. The fourth-order valence-corrected chi connectivity index (χ4v) is 3.80. The van der Waals surface area contributed by atoms with Gasteiger partial charge in [0, 0.05) is 31.2 Å². The van der Waals surface area contributed by atoms with Crippen LogP contribution in [0.3, 0.4) is 0 Å². The van der Waals surface area contributed by atoms with E-state index in [0.717, 1.165) is 15.7 Å². The average Bonchev–Trinajstić information content (AvgIpc) is 3.07. The van der Waals surface area contributed by atoms with E-state index >= 15 is 0 Å². The lowest BCUT2D eigenvalue weighted by molar-refractivity contribution is 0.211.